The second-order valence-electron chi connectivity index (χ2n) is 6.08. The average molecular weight is 313 g/mol. The molecule has 0 amide bonds. The van der Waals surface area contributed by atoms with Crippen LogP contribution in [-0.2, 0) is 16.1 Å². The van der Waals surface area contributed by atoms with Crippen LogP contribution < -0.4 is 0 Å². The topological polar surface area (TPSA) is 42.7 Å². The summed E-state index contributed by atoms with van der Waals surface area (Å²) >= 11 is 0. The van der Waals surface area contributed by atoms with E-state index in [9.17, 15) is 4.79 Å². The Morgan fingerprint density at radius 1 is 1.30 bits per heavy atom. The maximum Gasteiger partial charge on any atom is 0.314 e. The van der Waals surface area contributed by atoms with Crippen molar-refractivity contribution in [1.82, 2.24) is 4.90 Å². The minimum absolute atomic E-state index is 0.153. The number of furan rings is 1. The lowest BCUT2D eigenvalue weighted by Crippen LogP contribution is -2.45. The van der Waals surface area contributed by atoms with Gasteiger partial charge in [0.1, 0.15) is 0 Å². The summed E-state index contributed by atoms with van der Waals surface area (Å²) in [6.45, 7) is 1.80. The van der Waals surface area contributed by atoms with Gasteiger partial charge in [-0.25, -0.2) is 0 Å². The first-order valence-corrected chi connectivity index (χ1v) is 8.17. The van der Waals surface area contributed by atoms with Crippen LogP contribution in [0.5, 0.6) is 0 Å². The molecule has 3 rings (SSSR count). The highest BCUT2D eigenvalue weighted by molar-refractivity contribution is 5.79. The van der Waals surface area contributed by atoms with Crippen LogP contribution in [-0.4, -0.2) is 30.6 Å². The van der Waals surface area contributed by atoms with Gasteiger partial charge in [-0.15, -0.1) is 0 Å². The fraction of sp³-hybridized carbons (Fsp3) is 0.421. The summed E-state index contributed by atoms with van der Waals surface area (Å²) in [6, 6.07) is 12.1. The number of likely N-dealkylation sites (tertiary alicyclic amines) is 1. The van der Waals surface area contributed by atoms with Crippen LogP contribution in [0.3, 0.4) is 0 Å². The lowest BCUT2D eigenvalue weighted by molar-refractivity contribution is -0.144. The standard InChI is InChI=1S/C19H23NO3/c1-22-19(21)18(16-7-3-2-4-8-16)17-9-5-6-11-20(17)13-15-10-12-23-14-15/h2-4,7-8,10,12,14,17-18H,5-6,9,11,13H2,1H3/t17-,18-/m1/s1. The highest BCUT2D eigenvalue weighted by Gasteiger charge is 2.36. The van der Waals surface area contributed by atoms with Crippen LogP contribution >= 0.6 is 0 Å². The predicted octanol–water partition coefficient (Wildman–Crippen LogP) is 3.59. The summed E-state index contributed by atoms with van der Waals surface area (Å²) in [4.78, 5) is 14.9. The van der Waals surface area contributed by atoms with Crippen LogP contribution in [0.2, 0.25) is 0 Å². The number of carbonyl (C=O) groups is 1. The van der Waals surface area contributed by atoms with Gasteiger partial charge < -0.3 is 9.15 Å². The van der Waals surface area contributed by atoms with E-state index in [-0.39, 0.29) is 17.9 Å². The van der Waals surface area contributed by atoms with Crippen molar-refractivity contribution < 1.29 is 13.9 Å². The maximum atomic E-state index is 12.5. The fourth-order valence-corrected chi connectivity index (χ4v) is 3.51. The molecule has 23 heavy (non-hydrogen) atoms. The quantitative estimate of drug-likeness (QED) is 0.791. The molecule has 0 spiro atoms. The molecule has 2 atom stereocenters. The van der Waals surface area contributed by atoms with Gasteiger partial charge in [-0.1, -0.05) is 36.8 Å². The zero-order valence-corrected chi connectivity index (χ0v) is 13.5. The molecule has 0 N–H and O–H groups in total. The van der Waals surface area contributed by atoms with Crippen molar-refractivity contribution in [3.63, 3.8) is 0 Å². The normalized spacial score (nSPS) is 20.1. The molecule has 1 aliphatic rings. The van der Waals surface area contributed by atoms with E-state index in [1.807, 2.05) is 36.4 Å². The summed E-state index contributed by atoms with van der Waals surface area (Å²) in [7, 11) is 1.47. The molecule has 2 aromatic rings. The SMILES string of the molecule is COC(=O)[C@H](c1ccccc1)[C@H]1CCCCN1Cc1ccoc1. The van der Waals surface area contributed by atoms with Crippen LogP contribution in [0.15, 0.2) is 53.3 Å². The summed E-state index contributed by atoms with van der Waals surface area (Å²) in [6.07, 6.45) is 6.79. The molecule has 1 saturated heterocycles. The second kappa shape index (κ2) is 7.47. The van der Waals surface area contributed by atoms with Gasteiger partial charge in [0.2, 0.25) is 0 Å². The molecule has 1 fully saturated rings. The fourth-order valence-electron chi connectivity index (χ4n) is 3.51. The van der Waals surface area contributed by atoms with E-state index in [1.165, 1.54) is 7.11 Å². The van der Waals surface area contributed by atoms with E-state index in [0.717, 1.165) is 43.5 Å². The van der Waals surface area contributed by atoms with E-state index in [4.69, 9.17) is 9.15 Å². The number of carbonyl (C=O) groups excluding carboxylic acids is 1. The molecule has 0 bridgehead atoms. The van der Waals surface area contributed by atoms with Gasteiger partial charge in [-0.3, -0.25) is 9.69 Å². The van der Waals surface area contributed by atoms with Crippen LogP contribution in [0.1, 0.15) is 36.3 Å². The van der Waals surface area contributed by atoms with Crippen molar-refractivity contribution in [2.24, 2.45) is 0 Å². The number of piperidine rings is 1. The van der Waals surface area contributed by atoms with Gasteiger partial charge in [-0.2, -0.15) is 0 Å². The number of hydrogen-bond acceptors (Lipinski definition) is 4. The molecule has 4 nitrogen and oxygen atoms in total. The molecular weight excluding hydrogens is 290 g/mol. The first-order valence-electron chi connectivity index (χ1n) is 8.17. The van der Waals surface area contributed by atoms with Crippen molar-refractivity contribution in [3.05, 3.63) is 60.1 Å². The van der Waals surface area contributed by atoms with Gasteiger partial charge in [0.25, 0.3) is 0 Å². The third kappa shape index (κ3) is 3.64. The first-order chi connectivity index (χ1) is 11.3. The highest BCUT2D eigenvalue weighted by Crippen LogP contribution is 2.32. The molecular formula is C19H23NO3. The monoisotopic (exact) mass is 313 g/mol. The zero-order valence-electron chi connectivity index (χ0n) is 13.5. The molecule has 122 valence electrons. The van der Waals surface area contributed by atoms with Crippen molar-refractivity contribution in [2.45, 2.75) is 37.8 Å². The van der Waals surface area contributed by atoms with Gasteiger partial charge in [0.05, 0.1) is 25.6 Å². The largest absolute Gasteiger partial charge is 0.472 e. The Balaban J connectivity index is 1.87. The number of rotatable bonds is 5. The van der Waals surface area contributed by atoms with Crippen molar-refractivity contribution in [2.75, 3.05) is 13.7 Å². The molecule has 2 heterocycles. The number of esters is 1. The molecule has 0 aliphatic carbocycles. The lowest BCUT2D eigenvalue weighted by atomic mass is 9.85. The summed E-state index contributed by atoms with van der Waals surface area (Å²) in [5, 5.41) is 0. The third-order valence-electron chi connectivity index (χ3n) is 4.63. The Morgan fingerprint density at radius 2 is 2.13 bits per heavy atom. The minimum atomic E-state index is -0.242. The first kappa shape index (κ1) is 15.8. The smallest absolute Gasteiger partial charge is 0.314 e. The minimum Gasteiger partial charge on any atom is -0.472 e. The molecule has 0 radical (unpaired) electrons. The average Bonchev–Trinajstić information content (AvgIpc) is 3.10. The number of methoxy groups -OCH3 is 1. The predicted molar refractivity (Wildman–Crippen MR) is 88.0 cm³/mol. The Kier molecular flexibility index (Phi) is 5.13. The van der Waals surface area contributed by atoms with E-state index in [1.54, 1.807) is 12.5 Å². The van der Waals surface area contributed by atoms with Crippen molar-refractivity contribution in [3.8, 4) is 0 Å². The van der Waals surface area contributed by atoms with Crippen molar-refractivity contribution >= 4 is 5.97 Å². The second-order valence-corrected chi connectivity index (χ2v) is 6.08. The van der Waals surface area contributed by atoms with Crippen LogP contribution in [0.4, 0.5) is 0 Å². The van der Waals surface area contributed by atoms with Gasteiger partial charge in [0, 0.05) is 18.2 Å². The molecule has 4 heteroatoms. The van der Waals surface area contributed by atoms with E-state index < -0.39 is 0 Å². The number of hydrogen-bond donors (Lipinski definition) is 0. The summed E-state index contributed by atoms with van der Waals surface area (Å²) in [5.41, 5.74) is 2.18. The summed E-state index contributed by atoms with van der Waals surface area (Å²) in [5.74, 6) is -0.395. The maximum absolute atomic E-state index is 12.5. The molecule has 0 saturated carbocycles. The summed E-state index contributed by atoms with van der Waals surface area (Å²) < 4.78 is 10.3. The number of nitrogens with zero attached hydrogens (tertiary/aromatic N) is 1. The Hall–Kier alpha value is -2.07. The number of ether oxygens (including phenoxy) is 1. The van der Waals surface area contributed by atoms with Crippen molar-refractivity contribution in [1.29, 1.82) is 0 Å². The molecule has 0 unspecified atom stereocenters. The van der Waals surface area contributed by atoms with E-state index >= 15 is 0 Å². The molecule has 1 aliphatic heterocycles. The van der Waals surface area contributed by atoms with E-state index in [2.05, 4.69) is 4.90 Å². The Bertz CT molecular complexity index is 609. The van der Waals surface area contributed by atoms with Crippen LogP contribution in [0, 0.1) is 0 Å². The van der Waals surface area contributed by atoms with Crippen LogP contribution in [0.25, 0.3) is 0 Å². The third-order valence-corrected chi connectivity index (χ3v) is 4.63. The van der Waals surface area contributed by atoms with Gasteiger partial charge in [-0.05, 0) is 31.0 Å². The van der Waals surface area contributed by atoms with Gasteiger partial charge >= 0.3 is 5.97 Å². The van der Waals surface area contributed by atoms with Gasteiger partial charge in [0.15, 0.2) is 0 Å². The Labute approximate surface area is 137 Å². The Morgan fingerprint density at radius 3 is 2.83 bits per heavy atom. The number of benzene rings is 1. The zero-order chi connectivity index (χ0) is 16.1. The highest BCUT2D eigenvalue weighted by atomic mass is 16.5. The van der Waals surface area contributed by atoms with E-state index in [0.29, 0.717) is 0 Å². The molecule has 1 aromatic carbocycles. The molecule has 1 aromatic heterocycles. The lowest BCUT2D eigenvalue weighted by Gasteiger charge is -2.39.